The summed E-state index contributed by atoms with van der Waals surface area (Å²) >= 11 is 0. The molecule has 0 amide bonds. The van der Waals surface area contributed by atoms with Gasteiger partial charge in [0.2, 0.25) is 0 Å². The first-order valence-corrected chi connectivity index (χ1v) is 7.22. The standard InChI is InChI=1S/C11H15N5O2S/c1-3-12-11-9(5-4-7-13-11)19(17,18)15-10-6-8-14-16(10)2/h4-8,15H,3H2,1-2H3,(H,12,13). The van der Waals surface area contributed by atoms with E-state index in [0.29, 0.717) is 18.2 Å². The summed E-state index contributed by atoms with van der Waals surface area (Å²) in [6.07, 6.45) is 3.06. The summed E-state index contributed by atoms with van der Waals surface area (Å²) in [6, 6.07) is 4.67. The van der Waals surface area contributed by atoms with Crippen molar-refractivity contribution in [2.45, 2.75) is 11.8 Å². The van der Waals surface area contributed by atoms with E-state index in [1.807, 2.05) is 6.92 Å². The van der Waals surface area contributed by atoms with Gasteiger partial charge in [-0.05, 0) is 19.1 Å². The lowest BCUT2D eigenvalue weighted by Gasteiger charge is -2.11. The second-order valence-corrected chi connectivity index (χ2v) is 5.48. The lowest BCUT2D eigenvalue weighted by Crippen LogP contribution is -2.17. The van der Waals surface area contributed by atoms with Gasteiger partial charge in [-0.15, -0.1) is 0 Å². The minimum Gasteiger partial charge on any atom is -0.369 e. The van der Waals surface area contributed by atoms with Crippen molar-refractivity contribution in [3.8, 4) is 0 Å². The second kappa shape index (κ2) is 5.27. The highest BCUT2D eigenvalue weighted by Gasteiger charge is 2.20. The van der Waals surface area contributed by atoms with Crippen LogP contribution in [0.2, 0.25) is 0 Å². The summed E-state index contributed by atoms with van der Waals surface area (Å²) in [6.45, 7) is 2.46. The highest BCUT2D eigenvalue weighted by Crippen LogP contribution is 2.20. The lowest BCUT2D eigenvalue weighted by atomic mass is 10.4. The zero-order valence-electron chi connectivity index (χ0n) is 10.7. The van der Waals surface area contributed by atoms with Crippen LogP contribution in [0.1, 0.15) is 6.92 Å². The van der Waals surface area contributed by atoms with Crippen LogP contribution < -0.4 is 10.0 Å². The zero-order chi connectivity index (χ0) is 13.9. The van der Waals surface area contributed by atoms with Crippen molar-refractivity contribution >= 4 is 21.7 Å². The van der Waals surface area contributed by atoms with E-state index in [1.165, 1.54) is 16.9 Å². The van der Waals surface area contributed by atoms with Gasteiger partial charge in [-0.25, -0.2) is 13.4 Å². The first kappa shape index (κ1) is 13.3. The van der Waals surface area contributed by atoms with Crippen molar-refractivity contribution in [2.75, 3.05) is 16.6 Å². The second-order valence-electron chi connectivity index (χ2n) is 3.83. The Morgan fingerprint density at radius 1 is 1.32 bits per heavy atom. The molecule has 0 aliphatic heterocycles. The van der Waals surface area contributed by atoms with Crippen LogP contribution in [0, 0.1) is 0 Å². The molecular weight excluding hydrogens is 266 g/mol. The molecule has 0 aromatic carbocycles. The Hall–Kier alpha value is -2.09. The summed E-state index contributed by atoms with van der Waals surface area (Å²) in [5.41, 5.74) is 0. The van der Waals surface area contributed by atoms with Gasteiger partial charge >= 0.3 is 0 Å². The van der Waals surface area contributed by atoms with Crippen LogP contribution in [-0.2, 0) is 17.1 Å². The van der Waals surface area contributed by atoms with Gasteiger partial charge in [0.1, 0.15) is 16.5 Å². The molecule has 0 bridgehead atoms. The Balaban J connectivity index is 2.37. The average molecular weight is 281 g/mol. The van der Waals surface area contributed by atoms with E-state index in [9.17, 15) is 8.42 Å². The molecule has 0 saturated carbocycles. The number of rotatable bonds is 5. The normalized spacial score (nSPS) is 11.3. The fourth-order valence-corrected chi connectivity index (χ4v) is 2.80. The first-order chi connectivity index (χ1) is 9.04. The third kappa shape index (κ3) is 2.84. The summed E-state index contributed by atoms with van der Waals surface area (Å²) in [4.78, 5) is 4.14. The van der Waals surface area contributed by atoms with E-state index in [0.717, 1.165) is 0 Å². The molecule has 8 heteroatoms. The molecule has 2 rings (SSSR count). The monoisotopic (exact) mass is 281 g/mol. The van der Waals surface area contributed by atoms with E-state index >= 15 is 0 Å². The van der Waals surface area contributed by atoms with Gasteiger partial charge in [-0.2, -0.15) is 5.10 Å². The number of anilines is 2. The van der Waals surface area contributed by atoms with E-state index in [1.54, 1.807) is 25.4 Å². The Labute approximate surface area is 111 Å². The van der Waals surface area contributed by atoms with E-state index in [2.05, 4.69) is 20.1 Å². The Kier molecular flexibility index (Phi) is 3.70. The van der Waals surface area contributed by atoms with Gasteiger partial charge in [-0.1, -0.05) is 0 Å². The van der Waals surface area contributed by atoms with Crippen LogP contribution in [0.15, 0.2) is 35.5 Å². The maximum absolute atomic E-state index is 12.3. The van der Waals surface area contributed by atoms with Gasteiger partial charge < -0.3 is 5.32 Å². The molecule has 0 spiro atoms. The molecule has 0 aliphatic rings. The minimum absolute atomic E-state index is 0.109. The molecule has 2 aromatic rings. The lowest BCUT2D eigenvalue weighted by molar-refractivity contribution is 0.600. The molecule has 19 heavy (non-hydrogen) atoms. The van der Waals surface area contributed by atoms with Crippen molar-refractivity contribution in [1.29, 1.82) is 0 Å². The van der Waals surface area contributed by atoms with Gasteiger partial charge in [-0.3, -0.25) is 9.40 Å². The zero-order valence-corrected chi connectivity index (χ0v) is 11.5. The number of pyridine rings is 1. The van der Waals surface area contributed by atoms with Gasteiger partial charge in [0.25, 0.3) is 10.0 Å². The number of nitrogens with one attached hydrogen (secondary N) is 2. The van der Waals surface area contributed by atoms with Crippen LogP contribution in [-0.4, -0.2) is 29.7 Å². The highest BCUT2D eigenvalue weighted by atomic mass is 32.2. The fraction of sp³-hybridized carbons (Fsp3) is 0.273. The number of aromatic nitrogens is 3. The van der Waals surface area contributed by atoms with E-state index in [-0.39, 0.29) is 4.90 Å². The van der Waals surface area contributed by atoms with Gasteiger partial charge in [0.15, 0.2) is 0 Å². The van der Waals surface area contributed by atoms with E-state index < -0.39 is 10.0 Å². The third-order valence-electron chi connectivity index (χ3n) is 2.46. The molecule has 0 radical (unpaired) electrons. The first-order valence-electron chi connectivity index (χ1n) is 5.74. The maximum atomic E-state index is 12.3. The molecule has 0 unspecified atom stereocenters. The SMILES string of the molecule is CCNc1ncccc1S(=O)(=O)Nc1ccnn1C. The molecule has 2 N–H and O–H groups in total. The number of aryl methyl sites for hydroxylation is 1. The predicted molar refractivity (Wildman–Crippen MR) is 72.4 cm³/mol. The van der Waals surface area contributed by atoms with Crippen molar-refractivity contribution in [1.82, 2.24) is 14.8 Å². The smallest absolute Gasteiger partial charge is 0.266 e. The highest BCUT2D eigenvalue weighted by molar-refractivity contribution is 7.92. The van der Waals surface area contributed by atoms with Crippen LogP contribution in [0.4, 0.5) is 11.6 Å². The summed E-state index contributed by atoms with van der Waals surface area (Å²) in [5.74, 6) is 0.728. The number of nitrogens with zero attached hydrogens (tertiary/aromatic N) is 3. The topological polar surface area (TPSA) is 88.9 Å². The minimum atomic E-state index is -3.69. The maximum Gasteiger partial charge on any atom is 0.266 e. The molecule has 2 heterocycles. The van der Waals surface area contributed by atoms with Crippen LogP contribution in [0.25, 0.3) is 0 Å². The van der Waals surface area contributed by atoms with Crippen LogP contribution in [0.5, 0.6) is 0 Å². The summed E-state index contributed by atoms with van der Waals surface area (Å²) in [5, 5.41) is 6.84. The Bertz CT molecular complexity index is 665. The van der Waals surface area contributed by atoms with Crippen molar-refractivity contribution in [3.63, 3.8) is 0 Å². The number of sulfonamides is 1. The molecule has 2 aromatic heterocycles. The molecule has 7 nitrogen and oxygen atoms in total. The molecule has 102 valence electrons. The van der Waals surface area contributed by atoms with E-state index in [4.69, 9.17) is 0 Å². The molecule has 0 atom stereocenters. The quantitative estimate of drug-likeness (QED) is 0.855. The van der Waals surface area contributed by atoms with Crippen molar-refractivity contribution in [2.24, 2.45) is 7.05 Å². The molecular formula is C11H15N5O2S. The number of hydrogen-bond donors (Lipinski definition) is 2. The Morgan fingerprint density at radius 3 is 2.74 bits per heavy atom. The third-order valence-corrected chi connectivity index (χ3v) is 3.85. The summed E-state index contributed by atoms with van der Waals surface area (Å²) < 4.78 is 28.5. The molecule has 0 saturated heterocycles. The molecule has 0 fully saturated rings. The van der Waals surface area contributed by atoms with Crippen LogP contribution >= 0.6 is 0 Å². The average Bonchev–Trinajstić information content (AvgIpc) is 2.75. The number of hydrogen-bond acceptors (Lipinski definition) is 5. The Morgan fingerprint density at radius 2 is 2.11 bits per heavy atom. The van der Waals surface area contributed by atoms with Crippen molar-refractivity contribution in [3.05, 3.63) is 30.6 Å². The summed E-state index contributed by atoms with van der Waals surface area (Å²) in [7, 11) is -2.04. The fourth-order valence-electron chi connectivity index (χ4n) is 1.57. The molecule has 0 aliphatic carbocycles. The van der Waals surface area contributed by atoms with Gasteiger partial charge in [0, 0.05) is 25.9 Å². The van der Waals surface area contributed by atoms with Crippen LogP contribution in [0.3, 0.4) is 0 Å². The van der Waals surface area contributed by atoms with Crippen molar-refractivity contribution < 1.29 is 8.42 Å². The predicted octanol–water partition coefficient (Wildman–Crippen LogP) is 1.05. The largest absolute Gasteiger partial charge is 0.369 e. The van der Waals surface area contributed by atoms with Gasteiger partial charge in [0.05, 0.1) is 6.20 Å².